The van der Waals surface area contributed by atoms with E-state index in [1.807, 2.05) is 11.8 Å². The topological polar surface area (TPSA) is 44.9 Å². The van der Waals surface area contributed by atoms with E-state index in [-0.39, 0.29) is 5.56 Å². The largest absolute Gasteiger partial charge is 0.325 e. The number of aromatic amines is 1. The van der Waals surface area contributed by atoms with Crippen molar-refractivity contribution < 1.29 is 0 Å². The highest BCUT2D eigenvalue weighted by Crippen LogP contribution is 2.27. The molecule has 0 bridgehead atoms. The van der Waals surface area contributed by atoms with Crippen molar-refractivity contribution in [2.75, 3.05) is 18.8 Å². The van der Waals surface area contributed by atoms with E-state index in [1.54, 1.807) is 0 Å². The Labute approximate surface area is 105 Å². The lowest BCUT2D eigenvalue weighted by molar-refractivity contribution is 0.457. The molecule has 3 rings (SSSR count). The summed E-state index contributed by atoms with van der Waals surface area (Å²) in [7, 11) is 0. The average molecular weight is 250 g/mol. The highest BCUT2D eigenvalue weighted by atomic mass is 32.2. The zero-order chi connectivity index (χ0) is 11.7. The second-order valence-corrected chi connectivity index (χ2v) is 5.99. The first-order chi connectivity index (χ1) is 8.34. The van der Waals surface area contributed by atoms with Crippen molar-refractivity contribution >= 4 is 11.8 Å². The number of rotatable bonds is 1. The minimum absolute atomic E-state index is 0.151. The molecule has 4 heteroatoms. The number of fused-ring (bicyclic) bond motifs is 1. The Bertz CT molecular complexity index is 463. The van der Waals surface area contributed by atoms with Gasteiger partial charge >= 0.3 is 0 Å². The average Bonchev–Trinajstić information content (AvgIpc) is 2.39. The van der Waals surface area contributed by atoms with Gasteiger partial charge in [0.1, 0.15) is 0 Å². The van der Waals surface area contributed by atoms with Gasteiger partial charge in [-0.3, -0.25) is 4.79 Å². The van der Waals surface area contributed by atoms with Crippen molar-refractivity contribution in [1.82, 2.24) is 10.3 Å². The zero-order valence-electron chi connectivity index (χ0n) is 9.92. The van der Waals surface area contributed by atoms with Crippen molar-refractivity contribution in [3.05, 3.63) is 33.2 Å². The number of aromatic nitrogens is 1. The van der Waals surface area contributed by atoms with Gasteiger partial charge in [-0.1, -0.05) is 0 Å². The fourth-order valence-corrected chi connectivity index (χ4v) is 3.74. The van der Waals surface area contributed by atoms with Crippen molar-refractivity contribution in [2.24, 2.45) is 0 Å². The molecule has 3 heterocycles. The molecular weight excluding hydrogens is 232 g/mol. The van der Waals surface area contributed by atoms with Crippen LogP contribution in [0.5, 0.6) is 0 Å². The van der Waals surface area contributed by atoms with E-state index in [0.717, 1.165) is 49.4 Å². The van der Waals surface area contributed by atoms with Crippen LogP contribution < -0.4 is 10.9 Å². The lowest BCUT2D eigenvalue weighted by Crippen LogP contribution is -2.30. The van der Waals surface area contributed by atoms with Crippen LogP contribution in [0, 0.1) is 0 Å². The molecule has 92 valence electrons. The van der Waals surface area contributed by atoms with Gasteiger partial charge in [-0.05, 0) is 55.7 Å². The quantitative estimate of drug-likeness (QED) is 0.796. The molecule has 0 atom stereocenters. The number of hydrogen-bond acceptors (Lipinski definition) is 3. The molecule has 1 aromatic heterocycles. The van der Waals surface area contributed by atoms with Gasteiger partial charge in [0.15, 0.2) is 0 Å². The number of nitrogens with one attached hydrogen (secondary N) is 2. The van der Waals surface area contributed by atoms with Gasteiger partial charge in [0.05, 0.1) is 0 Å². The summed E-state index contributed by atoms with van der Waals surface area (Å²) in [6.45, 7) is 2.08. The van der Waals surface area contributed by atoms with Gasteiger partial charge < -0.3 is 10.3 Å². The maximum absolute atomic E-state index is 12.1. The van der Waals surface area contributed by atoms with E-state index < -0.39 is 0 Å². The fourth-order valence-electron chi connectivity index (χ4n) is 2.77. The number of hydrogen-bond donors (Lipinski definition) is 2. The zero-order valence-corrected chi connectivity index (χ0v) is 10.7. The van der Waals surface area contributed by atoms with Crippen LogP contribution in [-0.2, 0) is 12.2 Å². The molecule has 0 unspecified atom stereocenters. The van der Waals surface area contributed by atoms with E-state index >= 15 is 0 Å². The van der Waals surface area contributed by atoms with E-state index in [4.69, 9.17) is 0 Å². The number of thioether (sulfide) groups is 1. The molecule has 17 heavy (non-hydrogen) atoms. The van der Waals surface area contributed by atoms with Crippen molar-refractivity contribution in [3.8, 4) is 0 Å². The molecule has 0 saturated carbocycles. The Kier molecular flexibility index (Phi) is 3.25. The van der Waals surface area contributed by atoms with Gasteiger partial charge in [-0.25, -0.2) is 0 Å². The van der Waals surface area contributed by atoms with Crippen LogP contribution in [0.2, 0.25) is 0 Å². The summed E-state index contributed by atoms with van der Waals surface area (Å²) in [5.74, 6) is 2.61. The summed E-state index contributed by atoms with van der Waals surface area (Å²) in [6, 6.07) is 2.18. The third-order valence-corrected chi connectivity index (χ3v) is 4.77. The van der Waals surface area contributed by atoms with E-state index in [0.29, 0.717) is 5.92 Å². The number of pyridine rings is 1. The van der Waals surface area contributed by atoms with Crippen LogP contribution in [0.15, 0.2) is 10.9 Å². The summed E-state index contributed by atoms with van der Waals surface area (Å²) >= 11 is 1.91. The molecule has 0 spiro atoms. The molecule has 1 fully saturated rings. The van der Waals surface area contributed by atoms with Crippen LogP contribution in [0.25, 0.3) is 0 Å². The van der Waals surface area contributed by atoms with E-state index in [1.165, 1.54) is 11.3 Å². The van der Waals surface area contributed by atoms with Crippen molar-refractivity contribution in [2.45, 2.75) is 30.9 Å². The normalized spacial score (nSPS) is 21.2. The molecule has 2 aliphatic heterocycles. The molecule has 3 nitrogen and oxygen atoms in total. The predicted octanol–water partition coefficient (Wildman–Crippen LogP) is 1.63. The molecule has 1 saturated heterocycles. The third-order valence-electron chi connectivity index (χ3n) is 3.79. The van der Waals surface area contributed by atoms with E-state index in [2.05, 4.69) is 16.4 Å². The molecule has 0 amide bonds. The summed E-state index contributed by atoms with van der Waals surface area (Å²) < 4.78 is 0. The summed E-state index contributed by atoms with van der Waals surface area (Å²) in [4.78, 5) is 15.2. The van der Waals surface area contributed by atoms with Crippen LogP contribution in [0.4, 0.5) is 0 Å². The Morgan fingerprint density at radius 2 is 2.12 bits per heavy atom. The number of aryl methyl sites for hydroxylation is 1. The van der Waals surface area contributed by atoms with Gasteiger partial charge in [-0.15, -0.1) is 0 Å². The third kappa shape index (κ3) is 2.29. The smallest absolute Gasteiger partial charge is 0.251 e. The molecule has 0 radical (unpaired) electrons. The molecule has 2 aliphatic rings. The molecule has 2 N–H and O–H groups in total. The minimum atomic E-state index is 0.151. The van der Waals surface area contributed by atoms with Gasteiger partial charge in [-0.2, -0.15) is 11.8 Å². The van der Waals surface area contributed by atoms with Crippen molar-refractivity contribution in [1.29, 1.82) is 0 Å². The summed E-state index contributed by atoms with van der Waals surface area (Å²) in [5.41, 5.74) is 3.70. The van der Waals surface area contributed by atoms with E-state index in [9.17, 15) is 4.79 Å². The van der Waals surface area contributed by atoms with Gasteiger partial charge in [0.2, 0.25) is 0 Å². The van der Waals surface area contributed by atoms with Crippen LogP contribution in [0.3, 0.4) is 0 Å². The SMILES string of the molecule is O=c1[nH]c2c(cc1C1CCNCC1)CCSC2. The van der Waals surface area contributed by atoms with Gasteiger partial charge in [0.25, 0.3) is 5.56 Å². The fraction of sp³-hybridized carbons (Fsp3) is 0.615. The summed E-state index contributed by atoms with van der Waals surface area (Å²) in [5, 5.41) is 3.35. The van der Waals surface area contributed by atoms with Crippen molar-refractivity contribution in [3.63, 3.8) is 0 Å². The Morgan fingerprint density at radius 3 is 2.94 bits per heavy atom. The van der Waals surface area contributed by atoms with Crippen LogP contribution in [0.1, 0.15) is 35.6 Å². The first kappa shape index (κ1) is 11.4. The molecule has 0 aliphatic carbocycles. The molecule has 0 aromatic carbocycles. The maximum atomic E-state index is 12.1. The van der Waals surface area contributed by atoms with Crippen LogP contribution in [-0.4, -0.2) is 23.8 Å². The highest BCUT2D eigenvalue weighted by Gasteiger charge is 2.20. The standard InChI is InChI=1S/C13H18N2OS/c16-13-11(9-1-4-14-5-2-9)7-10-3-6-17-8-12(10)15-13/h7,9,14H,1-6,8H2,(H,15,16). The molecule has 1 aromatic rings. The Morgan fingerprint density at radius 1 is 1.29 bits per heavy atom. The van der Waals surface area contributed by atoms with Gasteiger partial charge in [0, 0.05) is 17.0 Å². The monoisotopic (exact) mass is 250 g/mol. The Balaban J connectivity index is 1.96. The Hall–Kier alpha value is -0.740. The second kappa shape index (κ2) is 4.86. The first-order valence-corrected chi connectivity index (χ1v) is 7.53. The number of piperidine rings is 1. The number of H-pyrrole nitrogens is 1. The van der Waals surface area contributed by atoms with Crippen LogP contribution >= 0.6 is 11.8 Å². The second-order valence-electron chi connectivity index (χ2n) is 4.88. The maximum Gasteiger partial charge on any atom is 0.251 e. The predicted molar refractivity (Wildman–Crippen MR) is 71.8 cm³/mol. The lowest BCUT2D eigenvalue weighted by atomic mass is 9.90. The first-order valence-electron chi connectivity index (χ1n) is 6.38. The highest BCUT2D eigenvalue weighted by molar-refractivity contribution is 7.98. The minimum Gasteiger partial charge on any atom is -0.325 e. The molecular formula is C13H18N2OS. The summed E-state index contributed by atoms with van der Waals surface area (Å²) in [6.07, 6.45) is 3.29. The lowest BCUT2D eigenvalue weighted by Gasteiger charge is -2.24.